The Hall–Kier alpha value is 1.87. The molecular weight excluding hydrogens is 118 g/mol. The molecule has 0 aromatic rings. The van der Waals surface area contributed by atoms with Crippen molar-refractivity contribution in [2.45, 2.75) is 0 Å². The predicted molar refractivity (Wildman–Crippen MR) is 24.4 cm³/mol. The van der Waals surface area contributed by atoms with Crippen molar-refractivity contribution in [3.63, 3.8) is 0 Å². The molecule has 0 nitrogen and oxygen atoms in total. The molecule has 0 fully saturated rings. The smallest absolute Gasteiger partial charge is 1.00 e. The Morgan fingerprint density at radius 3 is 1.25 bits per heavy atom. The molecule has 0 saturated carbocycles. The van der Waals surface area contributed by atoms with Gasteiger partial charge in [0.25, 0.3) is 0 Å². The Balaban J connectivity index is -0.00000000500. The van der Waals surface area contributed by atoms with Gasteiger partial charge in [-0.05, 0) is 0 Å². The fourth-order valence-corrected chi connectivity index (χ4v) is 0. The van der Waals surface area contributed by atoms with Crippen LogP contribution in [-0.2, 0) is 25.3 Å². The van der Waals surface area contributed by atoms with Crippen LogP contribution in [0, 0.1) is 0 Å². The molecule has 0 bridgehead atoms. The van der Waals surface area contributed by atoms with Gasteiger partial charge in [0, 0.05) is 0 Å². The summed E-state index contributed by atoms with van der Waals surface area (Å²) in [6.45, 7) is 0. The van der Waals surface area contributed by atoms with Gasteiger partial charge < -0.3 is 13.5 Å². The minimum absolute atomic E-state index is 0. The monoisotopic (exact) mass is 120 g/mol. The summed E-state index contributed by atoms with van der Waals surface area (Å²) >= 11 is 4.00. The van der Waals surface area contributed by atoms with Crippen LogP contribution >= 0.6 is 8.02 Å². The first kappa shape index (κ1) is 16.9. The van der Waals surface area contributed by atoms with Gasteiger partial charge in [0.15, 0.2) is 11.8 Å². The molecule has 0 radical (unpaired) electrons. The van der Waals surface area contributed by atoms with Gasteiger partial charge in [0.1, 0.15) is 8.02 Å². The summed E-state index contributed by atoms with van der Waals surface area (Å²) in [7, 11) is 2.00. The molecule has 0 amide bonds. The van der Waals surface area contributed by atoms with Crippen molar-refractivity contribution < 1.29 is 29.6 Å². The third-order valence-corrected chi connectivity index (χ3v) is 0. The maximum Gasteiger partial charge on any atom is 1.00 e. The van der Waals surface area contributed by atoms with Crippen molar-refractivity contribution in [3.05, 3.63) is 0 Å². The SMILES string of the molecule is [Na+].[PH2+]=S.[S-2]. The second-order valence-corrected chi connectivity index (χ2v) is 0. The summed E-state index contributed by atoms with van der Waals surface area (Å²) in [6, 6.07) is 0. The average Bonchev–Trinajstić information content (AvgIpc) is 1.00. The van der Waals surface area contributed by atoms with E-state index in [-0.39, 0.29) is 43.1 Å². The molecule has 0 aromatic heterocycles. The largest absolute Gasteiger partial charge is 2.00 e. The second kappa shape index (κ2) is 20.9. The maximum atomic E-state index is 4.00. The quantitative estimate of drug-likeness (QED) is 0.248. The molecular formula is H2NaPS2. The molecule has 0 spiro atoms. The molecule has 0 aliphatic carbocycles. The van der Waals surface area contributed by atoms with E-state index in [1.807, 2.05) is 8.02 Å². The summed E-state index contributed by atoms with van der Waals surface area (Å²) in [5.41, 5.74) is 0. The summed E-state index contributed by atoms with van der Waals surface area (Å²) in [6.07, 6.45) is 0. The van der Waals surface area contributed by atoms with Crippen LogP contribution in [0.15, 0.2) is 0 Å². The molecule has 20 valence electrons. The standard InChI is InChI=1S/Na.HPS.S/c;1-2;/h;1H;/q+1;;-2/p+1. The van der Waals surface area contributed by atoms with Gasteiger partial charge in [-0.1, -0.05) is 0 Å². The molecule has 0 aliphatic rings. The van der Waals surface area contributed by atoms with Crippen molar-refractivity contribution in [3.8, 4) is 0 Å². The molecule has 1 unspecified atom stereocenters. The molecule has 0 heterocycles. The maximum absolute atomic E-state index is 4.00. The van der Waals surface area contributed by atoms with Crippen LogP contribution in [0.3, 0.4) is 0 Å². The first-order valence-corrected chi connectivity index (χ1v) is 2.12. The van der Waals surface area contributed by atoms with Crippen molar-refractivity contribution in [1.29, 1.82) is 0 Å². The molecule has 0 saturated heterocycles. The molecule has 0 N–H and O–H groups in total. The van der Waals surface area contributed by atoms with E-state index < -0.39 is 0 Å². The van der Waals surface area contributed by atoms with E-state index in [1.165, 1.54) is 0 Å². The predicted octanol–water partition coefficient (Wildman–Crippen LogP) is -2.68. The first-order valence-electron chi connectivity index (χ1n) is 0.236. The molecule has 4 heteroatoms. The number of hydrogen-bond acceptors (Lipinski definition) is 1. The van der Waals surface area contributed by atoms with Crippen LogP contribution in [0.25, 0.3) is 0 Å². The van der Waals surface area contributed by atoms with Crippen molar-refractivity contribution in [2.24, 2.45) is 0 Å². The van der Waals surface area contributed by atoms with E-state index in [1.54, 1.807) is 0 Å². The van der Waals surface area contributed by atoms with Crippen molar-refractivity contribution in [1.82, 2.24) is 0 Å². The van der Waals surface area contributed by atoms with E-state index >= 15 is 0 Å². The third-order valence-electron chi connectivity index (χ3n) is 0. The van der Waals surface area contributed by atoms with E-state index in [9.17, 15) is 0 Å². The summed E-state index contributed by atoms with van der Waals surface area (Å²) in [5, 5.41) is 0. The number of rotatable bonds is 0. The molecule has 0 aromatic carbocycles. The zero-order valence-electron chi connectivity index (χ0n) is 2.39. The van der Waals surface area contributed by atoms with E-state index in [2.05, 4.69) is 11.8 Å². The summed E-state index contributed by atoms with van der Waals surface area (Å²) in [5.74, 6) is 0. The van der Waals surface area contributed by atoms with Gasteiger partial charge in [-0.2, -0.15) is 0 Å². The Kier molecular flexibility index (Phi) is 88.1. The van der Waals surface area contributed by atoms with Gasteiger partial charge in [0.05, 0.1) is 0 Å². The van der Waals surface area contributed by atoms with Gasteiger partial charge >= 0.3 is 29.6 Å². The molecule has 4 heavy (non-hydrogen) atoms. The zero-order chi connectivity index (χ0) is 2.00. The van der Waals surface area contributed by atoms with Crippen LogP contribution in [0.1, 0.15) is 0 Å². The normalized spacial score (nSPS) is 1.00. The Bertz CT molecular complexity index is 6.00. The van der Waals surface area contributed by atoms with Crippen LogP contribution in [0.4, 0.5) is 0 Å². The van der Waals surface area contributed by atoms with Gasteiger partial charge in [0.2, 0.25) is 0 Å². The minimum Gasteiger partial charge on any atom is -2.00 e. The fraction of sp³-hybridized carbons (Fsp3) is 0. The summed E-state index contributed by atoms with van der Waals surface area (Å²) < 4.78 is 0. The Morgan fingerprint density at radius 1 is 1.25 bits per heavy atom. The first-order chi connectivity index (χ1) is 1.00. The topological polar surface area (TPSA) is 0 Å². The van der Waals surface area contributed by atoms with E-state index in [0.29, 0.717) is 0 Å². The van der Waals surface area contributed by atoms with E-state index in [0.717, 1.165) is 0 Å². The third kappa shape index (κ3) is 9.12. The molecule has 0 rings (SSSR count). The zero-order valence-corrected chi connectivity index (χ0v) is 7.18. The second-order valence-electron chi connectivity index (χ2n) is 0. The Morgan fingerprint density at radius 2 is 1.25 bits per heavy atom. The average molecular weight is 120 g/mol. The van der Waals surface area contributed by atoms with Gasteiger partial charge in [-0.25, -0.2) is 0 Å². The number of hydrogen-bond donors (Lipinski definition) is 0. The van der Waals surface area contributed by atoms with Gasteiger partial charge in [-0.15, -0.1) is 0 Å². The van der Waals surface area contributed by atoms with Crippen LogP contribution < -0.4 is 29.6 Å². The van der Waals surface area contributed by atoms with Gasteiger partial charge in [-0.3, -0.25) is 0 Å². The minimum atomic E-state index is 0. The molecule has 1 atom stereocenters. The van der Waals surface area contributed by atoms with Crippen LogP contribution in [-0.4, -0.2) is 0 Å². The van der Waals surface area contributed by atoms with Crippen LogP contribution in [0.2, 0.25) is 0 Å². The Labute approximate surface area is 62.3 Å². The fourth-order valence-electron chi connectivity index (χ4n) is 0. The van der Waals surface area contributed by atoms with Crippen LogP contribution in [0.5, 0.6) is 0 Å². The molecule has 0 aliphatic heterocycles. The summed E-state index contributed by atoms with van der Waals surface area (Å²) in [4.78, 5) is 0. The van der Waals surface area contributed by atoms with Crippen molar-refractivity contribution in [2.75, 3.05) is 0 Å². The van der Waals surface area contributed by atoms with E-state index in [4.69, 9.17) is 0 Å². The van der Waals surface area contributed by atoms with Crippen molar-refractivity contribution >= 4 is 33.3 Å².